The molecule has 1 saturated heterocycles. The zero-order chi connectivity index (χ0) is 20.1. The summed E-state index contributed by atoms with van der Waals surface area (Å²) >= 11 is 0. The van der Waals surface area contributed by atoms with Crippen LogP contribution in [0, 0.1) is 0 Å². The van der Waals surface area contributed by atoms with Gasteiger partial charge in [-0.15, -0.1) is 0 Å². The van der Waals surface area contributed by atoms with E-state index in [-0.39, 0.29) is 17.7 Å². The van der Waals surface area contributed by atoms with Crippen molar-refractivity contribution in [3.63, 3.8) is 0 Å². The van der Waals surface area contributed by atoms with E-state index < -0.39 is 0 Å². The molecular formula is C20H27N5O3. The fourth-order valence-corrected chi connectivity index (χ4v) is 3.38. The number of piperidine rings is 1. The number of carbonyl (C=O) groups excluding carboxylic acids is 2. The molecule has 0 spiro atoms. The molecule has 2 amide bonds. The number of rotatable bonds is 6. The van der Waals surface area contributed by atoms with Crippen molar-refractivity contribution in [3.05, 3.63) is 41.3 Å². The molecule has 0 N–H and O–H groups in total. The first kappa shape index (κ1) is 20.0. The fraction of sp³-hybridized carbons (Fsp3) is 0.550. The molecule has 1 aliphatic rings. The molecule has 0 aromatic carbocycles. The van der Waals surface area contributed by atoms with Crippen molar-refractivity contribution in [2.24, 2.45) is 0 Å². The SMILES string of the molecule is CCc1noc(CCC(=O)N2CCC[C@H](c3ccc(C(=O)N(C)C)cn3)C2)n1. The third-order valence-corrected chi connectivity index (χ3v) is 5.01. The highest BCUT2D eigenvalue weighted by atomic mass is 16.5. The number of hydrogen-bond acceptors (Lipinski definition) is 6. The summed E-state index contributed by atoms with van der Waals surface area (Å²) in [6, 6.07) is 3.71. The summed E-state index contributed by atoms with van der Waals surface area (Å²) < 4.78 is 5.16. The lowest BCUT2D eigenvalue weighted by Crippen LogP contribution is -2.39. The van der Waals surface area contributed by atoms with E-state index in [9.17, 15) is 9.59 Å². The van der Waals surface area contributed by atoms with E-state index in [4.69, 9.17) is 4.52 Å². The van der Waals surface area contributed by atoms with Crippen molar-refractivity contribution in [1.82, 2.24) is 24.9 Å². The summed E-state index contributed by atoms with van der Waals surface area (Å²) in [5.74, 6) is 1.41. The summed E-state index contributed by atoms with van der Waals surface area (Å²) in [5.41, 5.74) is 1.50. The Kier molecular flexibility index (Phi) is 6.38. The second-order valence-corrected chi connectivity index (χ2v) is 7.31. The predicted molar refractivity (Wildman–Crippen MR) is 103 cm³/mol. The lowest BCUT2D eigenvalue weighted by atomic mass is 9.93. The highest BCUT2D eigenvalue weighted by Crippen LogP contribution is 2.26. The smallest absolute Gasteiger partial charge is 0.254 e. The molecule has 2 aromatic heterocycles. The highest BCUT2D eigenvalue weighted by Gasteiger charge is 2.26. The lowest BCUT2D eigenvalue weighted by molar-refractivity contribution is -0.132. The molecule has 8 heteroatoms. The van der Waals surface area contributed by atoms with Gasteiger partial charge in [-0.25, -0.2) is 0 Å². The molecule has 1 aliphatic heterocycles. The average Bonchev–Trinajstić information content (AvgIpc) is 3.19. The van der Waals surface area contributed by atoms with Crippen LogP contribution < -0.4 is 0 Å². The van der Waals surface area contributed by atoms with Crippen molar-refractivity contribution in [3.8, 4) is 0 Å². The van der Waals surface area contributed by atoms with Gasteiger partial charge < -0.3 is 14.3 Å². The number of hydrogen-bond donors (Lipinski definition) is 0. The minimum Gasteiger partial charge on any atom is -0.345 e. The van der Waals surface area contributed by atoms with Gasteiger partial charge in [0.05, 0.1) is 5.56 Å². The minimum atomic E-state index is -0.0632. The normalized spacial score (nSPS) is 16.8. The third kappa shape index (κ3) is 4.74. The van der Waals surface area contributed by atoms with Crippen LogP contribution in [-0.2, 0) is 17.6 Å². The average molecular weight is 385 g/mol. The Morgan fingerprint density at radius 1 is 1.32 bits per heavy atom. The summed E-state index contributed by atoms with van der Waals surface area (Å²) in [6.07, 6.45) is 5.10. The Hall–Kier alpha value is -2.77. The quantitative estimate of drug-likeness (QED) is 0.756. The Bertz CT molecular complexity index is 816. The molecule has 1 atom stereocenters. The van der Waals surface area contributed by atoms with Gasteiger partial charge >= 0.3 is 0 Å². The first-order valence-corrected chi connectivity index (χ1v) is 9.74. The topological polar surface area (TPSA) is 92.4 Å². The Balaban J connectivity index is 1.57. The van der Waals surface area contributed by atoms with Crippen LogP contribution in [0.25, 0.3) is 0 Å². The summed E-state index contributed by atoms with van der Waals surface area (Å²) in [4.78, 5) is 36.8. The molecule has 0 saturated carbocycles. The monoisotopic (exact) mass is 385 g/mol. The van der Waals surface area contributed by atoms with Gasteiger partial charge in [-0.2, -0.15) is 4.98 Å². The number of aromatic nitrogens is 3. The second-order valence-electron chi connectivity index (χ2n) is 7.31. The molecule has 3 rings (SSSR count). The molecule has 28 heavy (non-hydrogen) atoms. The third-order valence-electron chi connectivity index (χ3n) is 5.01. The fourth-order valence-electron chi connectivity index (χ4n) is 3.38. The van der Waals surface area contributed by atoms with Crippen LogP contribution >= 0.6 is 0 Å². The number of nitrogens with zero attached hydrogens (tertiary/aromatic N) is 5. The lowest BCUT2D eigenvalue weighted by Gasteiger charge is -2.32. The summed E-state index contributed by atoms with van der Waals surface area (Å²) in [7, 11) is 3.44. The van der Waals surface area contributed by atoms with Crippen LogP contribution in [0.3, 0.4) is 0 Å². The van der Waals surface area contributed by atoms with Crippen LogP contribution in [0.15, 0.2) is 22.9 Å². The van der Waals surface area contributed by atoms with Crippen LogP contribution in [0.2, 0.25) is 0 Å². The van der Waals surface area contributed by atoms with Gasteiger partial charge in [0.1, 0.15) is 0 Å². The highest BCUT2D eigenvalue weighted by molar-refractivity contribution is 5.93. The van der Waals surface area contributed by atoms with E-state index in [0.29, 0.717) is 36.7 Å². The van der Waals surface area contributed by atoms with Crippen molar-refractivity contribution < 1.29 is 14.1 Å². The van der Waals surface area contributed by atoms with Crippen LogP contribution in [0.1, 0.15) is 59.9 Å². The van der Waals surface area contributed by atoms with E-state index in [0.717, 1.165) is 31.5 Å². The van der Waals surface area contributed by atoms with Gasteiger partial charge in [-0.1, -0.05) is 12.1 Å². The van der Waals surface area contributed by atoms with Gasteiger partial charge in [-0.3, -0.25) is 14.6 Å². The molecule has 2 aromatic rings. The van der Waals surface area contributed by atoms with E-state index in [1.807, 2.05) is 24.0 Å². The Labute approximate surface area is 164 Å². The van der Waals surface area contributed by atoms with Gasteiger partial charge in [0, 0.05) is 64.3 Å². The molecule has 1 fully saturated rings. The van der Waals surface area contributed by atoms with Gasteiger partial charge in [-0.05, 0) is 25.0 Å². The number of amides is 2. The molecule has 0 bridgehead atoms. The maximum atomic E-state index is 12.6. The molecule has 8 nitrogen and oxygen atoms in total. The zero-order valence-electron chi connectivity index (χ0n) is 16.7. The van der Waals surface area contributed by atoms with Gasteiger partial charge in [0.2, 0.25) is 11.8 Å². The molecule has 3 heterocycles. The predicted octanol–water partition coefficient (Wildman–Crippen LogP) is 2.07. The van der Waals surface area contributed by atoms with Crippen LogP contribution in [-0.4, -0.2) is 63.9 Å². The molecule has 0 radical (unpaired) electrons. The van der Waals surface area contributed by atoms with Crippen LogP contribution in [0.5, 0.6) is 0 Å². The largest absolute Gasteiger partial charge is 0.345 e. The molecule has 0 unspecified atom stereocenters. The molecule has 150 valence electrons. The van der Waals surface area contributed by atoms with E-state index in [2.05, 4.69) is 15.1 Å². The second kappa shape index (κ2) is 8.95. The standard InChI is InChI=1S/C20H27N5O3/c1-4-17-22-18(28-23-17)9-10-19(26)25-11-5-6-15(13-25)16-8-7-14(12-21-16)20(27)24(2)3/h7-8,12,15H,4-6,9-11,13H2,1-3H3/t15-/m0/s1. The summed E-state index contributed by atoms with van der Waals surface area (Å²) in [5, 5.41) is 3.86. The Morgan fingerprint density at radius 3 is 2.79 bits per heavy atom. The maximum absolute atomic E-state index is 12.6. The van der Waals surface area contributed by atoms with E-state index in [1.165, 1.54) is 4.90 Å². The number of aryl methyl sites for hydroxylation is 2. The van der Waals surface area contributed by atoms with Crippen molar-refractivity contribution in [1.29, 1.82) is 0 Å². The van der Waals surface area contributed by atoms with Crippen LogP contribution in [0.4, 0.5) is 0 Å². The zero-order valence-corrected chi connectivity index (χ0v) is 16.7. The van der Waals surface area contributed by atoms with Gasteiger partial charge in [0.15, 0.2) is 5.82 Å². The van der Waals surface area contributed by atoms with E-state index >= 15 is 0 Å². The number of carbonyl (C=O) groups is 2. The maximum Gasteiger partial charge on any atom is 0.254 e. The first-order chi connectivity index (χ1) is 13.5. The minimum absolute atomic E-state index is 0.0632. The summed E-state index contributed by atoms with van der Waals surface area (Å²) in [6.45, 7) is 3.37. The molecule has 0 aliphatic carbocycles. The van der Waals surface area contributed by atoms with Crippen molar-refractivity contribution in [2.45, 2.75) is 44.9 Å². The first-order valence-electron chi connectivity index (χ1n) is 9.74. The van der Waals surface area contributed by atoms with E-state index in [1.54, 1.807) is 20.3 Å². The number of likely N-dealkylation sites (tertiary alicyclic amines) is 1. The Morgan fingerprint density at radius 2 is 2.14 bits per heavy atom. The van der Waals surface area contributed by atoms with Crippen molar-refractivity contribution in [2.75, 3.05) is 27.2 Å². The molecular weight excluding hydrogens is 358 g/mol. The number of pyridine rings is 1. The van der Waals surface area contributed by atoms with Gasteiger partial charge in [0.25, 0.3) is 5.91 Å². The van der Waals surface area contributed by atoms with Crippen molar-refractivity contribution >= 4 is 11.8 Å².